The van der Waals surface area contributed by atoms with Gasteiger partial charge in [0, 0.05) is 6.42 Å². The van der Waals surface area contributed by atoms with Crippen LogP contribution >= 0.6 is 0 Å². The van der Waals surface area contributed by atoms with Gasteiger partial charge in [-0.1, -0.05) is 0 Å². The fraction of sp³-hybridized carbons (Fsp3) is 0.800. The van der Waals surface area contributed by atoms with Crippen molar-refractivity contribution >= 4 is 0 Å². The van der Waals surface area contributed by atoms with Gasteiger partial charge in [-0.15, -0.1) is 12.3 Å². The molecule has 0 aromatic heterocycles. The summed E-state index contributed by atoms with van der Waals surface area (Å²) in [6, 6.07) is 0. The molecule has 1 unspecified atom stereocenters. The molecule has 2 nitrogen and oxygen atoms in total. The predicted molar refractivity (Wildman–Crippen MR) is 51.9 cm³/mol. The van der Waals surface area contributed by atoms with E-state index >= 15 is 0 Å². The van der Waals surface area contributed by atoms with Crippen molar-refractivity contribution in [2.45, 2.75) is 38.2 Å². The first-order chi connectivity index (χ1) is 5.62. The Hall–Kier alpha value is -0.520. The Morgan fingerprint density at radius 1 is 1.50 bits per heavy atom. The molecule has 0 spiro atoms. The summed E-state index contributed by atoms with van der Waals surface area (Å²) in [5.74, 6) is 2.57. The molecule has 0 saturated heterocycles. The van der Waals surface area contributed by atoms with Crippen LogP contribution in [0.25, 0.3) is 0 Å². The van der Waals surface area contributed by atoms with E-state index in [0.717, 1.165) is 32.2 Å². The van der Waals surface area contributed by atoms with E-state index in [1.807, 2.05) is 14.0 Å². The van der Waals surface area contributed by atoms with E-state index in [0.29, 0.717) is 0 Å². The molecule has 0 aromatic rings. The van der Waals surface area contributed by atoms with Crippen molar-refractivity contribution in [2.75, 3.05) is 13.6 Å². The number of nitrogens with one attached hydrogen (secondary N) is 1. The van der Waals surface area contributed by atoms with E-state index in [1.54, 1.807) is 0 Å². The zero-order chi connectivity index (χ0) is 9.45. The van der Waals surface area contributed by atoms with Crippen LogP contribution in [0.1, 0.15) is 32.6 Å². The second-order valence-electron chi connectivity index (χ2n) is 3.41. The number of aliphatic hydroxyl groups is 1. The molecular weight excluding hydrogens is 150 g/mol. The SMILES string of the molecule is C#CCCCC(C)(O)CCNC. The van der Waals surface area contributed by atoms with Crippen molar-refractivity contribution < 1.29 is 5.11 Å². The van der Waals surface area contributed by atoms with Crippen LogP contribution in [-0.2, 0) is 0 Å². The van der Waals surface area contributed by atoms with Gasteiger partial charge in [0.25, 0.3) is 0 Å². The Morgan fingerprint density at radius 2 is 2.17 bits per heavy atom. The average Bonchev–Trinajstić information content (AvgIpc) is 2.01. The summed E-state index contributed by atoms with van der Waals surface area (Å²) in [6.07, 6.45) is 8.36. The highest BCUT2D eigenvalue weighted by molar-refractivity contribution is 4.84. The van der Waals surface area contributed by atoms with Crippen molar-refractivity contribution in [1.82, 2.24) is 5.32 Å². The van der Waals surface area contributed by atoms with E-state index in [1.165, 1.54) is 0 Å². The molecule has 0 aliphatic rings. The zero-order valence-corrected chi connectivity index (χ0v) is 8.06. The lowest BCUT2D eigenvalue weighted by Crippen LogP contribution is -2.28. The molecule has 0 rings (SSSR count). The highest BCUT2D eigenvalue weighted by Gasteiger charge is 2.18. The number of rotatable bonds is 6. The zero-order valence-electron chi connectivity index (χ0n) is 8.06. The maximum absolute atomic E-state index is 9.76. The first-order valence-electron chi connectivity index (χ1n) is 4.43. The maximum Gasteiger partial charge on any atom is 0.0632 e. The van der Waals surface area contributed by atoms with Gasteiger partial charge in [0.1, 0.15) is 0 Å². The lowest BCUT2D eigenvalue weighted by Gasteiger charge is -2.22. The van der Waals surface area contributed by atoms with E-state index < -0.39 is 5.60 Å². The number of terminal acetylenes is 1. The fourth-order valence-corrected chi connectivity index (χ4v) is 1.09. The van der Waals surface area contributed by atoms with E-state index in [4.69, 9.17) is 6.42 Å². The van der Waals surface area contributed by atoms with Crippen LogP contribution in [-0.4, -0.2) is 24.3 Å². The van der Waals surface area contributed by atoms with Crippen LogP contribution in [0.5, 0.6) is 0 Å². The topological polar surface area (TPSA) is 32.3 Å². The highest BCUT2D eigenvalue weighted by Crippen LogP contribution is 2.16. The van der Waals surface area contributed by atoms with Gasteiger partial charge in [-0.05, 0) is 39.8 Å². The molecule has 70 valence electrons. The smallest absolute Gasteiger partial charge is 0.0632 e. The molecule has 0 heterocycles. The molecule has 2 N–H and O–H groups in total. The molecule has 0 aliphatic heterocycles. The summed E-state index contributed by atoms with van der Waals surface area (Å²) in [5, 5.41) is 12.8. The molecule has 12 heavy (non-hydrogen) atoms. The van der Waals surface area contributed by atoms with E-state index in [2.05, 4.69) is 11.2 Å². The van der Waals surface area contributed by atoms with Crippen LogP contribution in [0.15, 0.2) is 0 Å². The Kier molecular flexibility index (Phi) is 5.79. The summed E-state index contributed by atoms with van der Waals surface area (Å²) in [6.45, 7) is 2.71. The lowest BCUT2D eigenvalue weighted by molar-refractivity contribution is 0.0411. The van der Waals surface area contributed by atoms with Crippen molar-refractivity contribution in [3.8, 4) is 12.3 Å². The Labute approximate surface area is 75.4 Å². The molecule has 0 aliphatic carbocycles. The maximum atomic E-state index is 9.76. The number of hydrogen-bond donors (Lipinski definition) is 2. The van der Waals surface area contributed by atoms with Crippen molar-refractivity contribution in [2.24, 2.45) is 0 Å². The molecule has 0 amide bonds. The predicted octanol–water partition coefficient (Wildman–Crippen LogP) is 1.15. The molecule has 1 atom stereocenters. The number of unbranched alkanes of at least 4 members (excludes halogenated alkanes) is 1. The third-order valence-corrected chi connectivity index (χ3v) is 1.95. The van der Waals surface area contributed by atoms with Gasteiger partial charge >= 0.3 is 0 Å². The Balaban J connectivity index is 3.50. The van der Waals surface area contributed by atoms with Gasteiger partial charge in [0.15, 0.2) is 0 Å². The van der Waals surface area contributed by atoms with Crippen LogP contribution < -0.4 is 5.32 Å². The Bertz CT molecular complexity index is 146. The first kappa shape index (κ1) is 11.5. The molecule has 0 saturated carbocycles. The summed E-state index contributed by atoms with van der Waals surface area (Å²) < 4.78 is 0. The number of hydrogen-bond acceptors (Lipinski definition) is 2. The molecule has 0 bridgehead atoms. The largest absolute Gasteiger partial charge is 0.390 e. The van der Waals surface area contributed by atoms with Crippen LogP contribution in [0.3, 0.4) is 0 Å². The normalized spacial score (nSPS) is 15.2. The van der Waals surface area contributed by atoms with Crippen LogP contribution in [0, 0.1) is 12.3 Å². The first-order valence-corrected chi connectivity index (χ1v) is 4.43. The lowest BCUT2D eigenvalue weighted by atomic mass is 9.95. The standard InChI is InChI=1S/C10H19NO/c1-4-5-6-7-10(2,12)8-9-11-3/h1,11-12H,5-9H2,2-3H3. The third-order valence-electron chi connectivity index (χ3n) is 1.95. The summed E-state index contributed by atoms with van der Waals surface area (Å²) in [5.41, 5.74) is -0.556. The van der Waals surface area contributed by atoms with Gasteiger partial charge in [-0.25, -0.2) is 0 Å². The fourth-order valence-electron chi connectivity index (χ4n) is 1.09. The van der Waals surface area contributed by atoms with Gasteiger partial charge in [0.05, 0.1) is 5.60 Å². The van der Waals surface area contributed by atoms with Crippen LogP contribution in [0.2, 0.25) is 0 Å². The second kappa shape index (κ2) is 6.05. The molecule has 0 radical (unpaired) electrons. The van der Waals surface area contributed by atoms with E-state index in [-0.39, 0.29) is 0 Å². The van der Waals surface area contributed by atoms with Crippen molar-refractivity contribution in [3.05, 3.63) is 0 Å². The Morgan fingerprint density at radius 3 is 2.67 bits per heavy atom. The molecule has 0 fully saturated rings. The monoisotopic (exact) mass is 169 g/mol. The van der Waals surface area contributed by atoms with Gasteiger partial charge in [-0.3, -0.25) is 0 Å². The van der Waals surface area contributed by atoms with Gasteiger partial charge < -0.3 is 10.4 Å². The molecular formula is C10H19NO. The summed E-state index contributed by atoms with van der Waals surface area (Å²) in [7, 11) is 1.89. The molecule has 2 heteroatoms. The van der Waals surface area contributed by atoms with Crippen LogP contribution in [0.4, 0.5) is 0 Å². The van der Waals surface area contributed by atoms with Crippen molar-refractivity contribution in [1.29, 1.82) is 0 Å². The minimum Gasteiger partial charge on any atom is -0.390 e. The van der Waals surface area contributed by atoms with E-state index in [9.17, 15) is 5.11 Å². The quantitative estimate of drug-likeness (QED) is 0.462. The third kappa shape index (κ3) is 6.21. The van der Waals surface area contributed by atoms with Gasteiger partial charge in [-0.2, -0.15) is 0 Å². The molecule has 0 aromatic carbocycles. The minimum atomic E-state index is -0.556. The van der Waals surface area contributed by atoms with Gasteiger partial charge in [0.2, 0.25) is 0 Å². The minimum absolute atomic E-state index is 0.556. The summed E-state index contributed by atoms with van der Waals surface area (Å²) >= 11 is 0. The highest BCUT2D eigenvalue weighted by atomic mass is 16.3. The van der Waals surface area contributed by atoms with Crippen molar-refractivity contribution in [3.63, 3.8) is 0 Å². The average molecular weight is 169 g/mol. The summed E-state index contributed by atoms with van der Waals surface area (Å²) in [4.78, 5) is 0. The second-order valence-corrected chi connectivity index (χ2v) is 3.41.